The summed E-state index contributed by atoms with van der Waals surface area (Å²) in [6, 6.07) is 7.34. The second kappa shape index (κ2) is 6.41. The Bertz CT molecular complexity index is 502. The molecule has 0 heterocycles. The molecule has 2 rings (SSSR count). The Hall–Kier alpha value is -2.04. The van der Waals surface area contributed by atoms with Crippen LogP contribution in [0.2, 0.25) is 0 Å². The molecule has 5 nitrogen and oxygen atoms in total. The minimum absolute atomic E-state index is 0.259. The Morgan fingerprint density at radius 1 is 1.35 bits per heavy atom. The van der Waals surface area contributed by atoms with Gasteiger partial charge in [-0.15, -0.1) is 0 Å². The molecule has 1 aromatic rings. The maximum atomic E-state index is 11.8. The average molecular weight is 276 g/mol. The molecule has 0 bridgehead atoms. The lowest BCUT2D eigenvalue weighted by Gasteiger charge is -2.18. The first-order valence-corrected chi connectivity index (χ1v) is 6.89. The summed E-state index contributed by atoms with van der Waals surface area (Å²) in [5.74, 6) is -1.29. The maximum absolute atomic E-state index is 11.8. The molecule has 1 fully saturated rings. The fraction of sp³-hybridized carbons (Fsp3) is 0.467. The fourth-order valence-electron chi connectivity index (χ4n) is 2.65. The summed E-state index contributed by atoms with van der Waals surface area (Å²) < 4.78 is 0. The van der Waals surface area contributed by atoms with Crippen LogP contribution in [-0.2, 0) is 11.3 Å². The summed E-state index contributed by atoms with van der Waals surface area (Å²) in [6.07, 6.45) is 2.22. The van der Waals surface area contributed by atoms with Crippen LogP contribution in [0.5, 0.6) is 0 Å². The number of nitrogens with one attached hydrogen (secondary N) is 2. The highest BCUT2D eigenvalue weighted by molar-refractivity contribution is 5.77. The van der Waals surface area contributed by atoms with Crippen molar-refractivity contribution in [3.63, 3.8) is 0 Å². The predicted octanol–water partition coefficient (Wildman–Crippen LogP) is 2.05. The van der Waals surface area contributed by atoms with E-state index in [0.717, 1.165) is 24.0 Å². The quantitative estimate of drug-likeness (QED) is 0.787. The first kappa shape index (κ1) is 14.4. The molecule has 20 heavy (non-hydrogen) atoms. The molecule has 2 amide bonds. The second-order valence-electron chi connectivity index (χ2n) is 5.30. The SMILES string of the molecule is Cc1cccc(CNC(=O)NC2CCCC2C(=O)O)c1. The van der Waals surface area contributed by atoms with E-state index in [4.69, 9.17) is 5.11 Å². The molecular formula is C15H20N2O3. The van der Waals surface area contributed by atoms with Gasteiger partial charge in [0.1, 0.15) is 0 Å². The molecule has 1 aromatic carbocycles. The number of carbonyl (C=O) groups is 2. The Labute approximate surface area is 118 Å². The summed E-state index contributed by atoms with van der Waals surface area (Å²) in [5.41, 5.74) is 2.17. The predicted molar refractivity (Wildman–Crippen MR) is 75.3 cm³/mol. The number of hydrogen-bond acceptors (Lipinski definition) is 2. The number of benzene rings is 1. The van der Waals surface area contributed by atoms with Crippen molar-refractivity contribution >= 4 is 12.0 Å². The van der Waals surface area contributed by atoms with Crippen LogP contribution in [0.3, 0.4) is 0 Å². The topological polar surface area (TPSA) is 78.4 Å². The van der Waals surface area contributed by atoms with Crippen molar-refractivity contribution in [2.75, 3.05) is 0 Å². The number of carbonyl (C=O) groups excluding carboxylic acids is 1. The van der Waals surface area contributed by atoms with Crippen LogP contribution in [-0.4, -0.2) is 23.1 Å². The van der Waals surface area contributed by atoms with Gasteiger partial charge in [0.25, 0.3) is 0 Å². The van der Waals surface area contributed by atoms with E-state index in [0.29, 0.717) is 13.0 Å². The second-order valence-corrected chi connectivity index (χ2v) is 5.30. The fourth-order valence-corrected chi connectivity index (χ4v) is 2.65. The van der Waals surface area contributed by atoms with Gasteiger partial charge in [-0.1, -0.05) is 36.2 Å². The van der Waals surface area contributed by atoms with Crippen molar-refractivity contribution in [2.24, 2.45) is 5.92 Å². The zero-order chi connectivity index (χ0) is 14.5. The molecule has 3 N–H and O–H groups in total. The zero-order valence-corrected chi connectivity index (χ0v) is 11.6. The summed E-state index contributed by atoms with van der Waals surface area (Å²) >= 11 is 0. The maximum Gasteiger partial charge on any atom is 0.315 e. The monoisotopic (exact) mass is 276 g/mol. The van der Waals surface area contributed by atoms with Gasteiger partial charge in [0.15, 0.2) is 0 Å². The molecule has 0 spiro atoms. The third kappa shape index (κ3) is 3.73. The molecule has 108 valence electrons. The Morgan fingerprint density at radius 3 is 2.85 bits per heavy atom. The number of aryl methyl sites for hydroxylation is 1. The highest BCUT2D eigenvalue weighted by Crippen LogP contribution is 2.25. The Morgan fingerprint density at radius 2 is 2.15 bits per heavy atom. The lowest BCUT2D eigenvalue weighted by Crippen LogP contribution is -2.45. The average Bonchev–Trinajstić information content (AvgIpc) is 2.85. The van der Waals surface area contributed by atoms with E-state index in [-0.39, 0.29) is 12.1 Å². The summed E-state index contributed by atoms with van der Waals surface area (Å²) in [6.45, 7) is 2.44. The molecule has 1 aliphatic carbocycles. The molecular weight excluding hydrogens is 256 g/mol. The van der Waals surface area contributed by atoms with Crippen molar-refractivity contribution < 1.29 is 14.7 Å². The van der Waals surface area contributed by atoms with E-state index >= 15 is 0 Å². The molecule has 0 aromatic heterocycles. The standard InChI is InChI=1S/C15H20N2O3/c1-10-4-2-5-11(8-10)9-16-15(20)17-13-7-3-6-12(13)14(18)19/h2,4-5,8,12-13H,3,6-7,9H2,1H3,(H,18,19)(H2,16,17,20). The van der Waals surface area contributed by atoms with Crippen molar-refractivity contribution in [1.82, 2.24) is 10.6 Å². The number of urea groups is 1. The van der Waals surface area contributed by atoms with Crippen molar-refractivity contribution in [3.05, 3.63) is 35.4 Å². The van der Waals surface area contributed by atoms with Gasteiger partial charge in [0.05, 0.1) is 5.92 Å². The van der Waals surface area contributed by atoms with Gasteiger partial charge in [-0.25, -0.2) is 4.79 Å². The van der Waals surface area contributed by atoms with Gasteiger partial charge in [-0.05, 0) is 25.3 Å². The van der Waals surface area contributed by atoms with Crippen molar-refractivity contribution in [1.29, 1.82) is 0 Å². The highest BCUT2D eigenvalue weighted by atomic mass is 16.4. The van der Waals surface area contributed by atoms with Crippen molar-refractivity contribution in [2.45, 2.75) is 38.8 Å². The van der Waals surface area contributed by atoms with Gasteiger partial charge in [0.2, 0.25) is 0 Å². The zero-order valence-electron chi connectivity index (χ0n) is 11.6. The molecule has 2 atom stereocenters. The van der Waals surface area contributed by atoms with Crippen LogP contribution < -0.4 is 10.6 Å². The molecule has 0 saturated heterocycles. The lowest BCUT2D eigenvalue weighted by atomic mass is 10.0. The number of carboxylic acids is 1. The lowest BCUT2D eigenvalue weighted by molar-refractivity contribution is -0.142. The number of amides is 2. The summed E-state index contributed by atoms with van der Waals surface area (Å²) in [7, 11) is 0. The first-order chi connectivity index (χ1) is 9.56. The Kier molecular flexibility index (Phi) is 4.61. The van der Waals surface area contributed by atoms with Gasteiger partial charge >= 0.3 is 12.0 Å². The number of carboxylic acid groups (broad SMARTS) is 1. The van der Waals surface area contributed by atoms with E-state index in [9.17, 15) is 9.59 Å². The largest absolute Gasteiger partial charge is 0.481 e. The smallest absolute Gasteiger partial charge is 0.315 e. The van der Waals surface area contributed by atoms with E-state index in [1.807, 2.05) is 31.2 Å². The molecule has 5 heteroatoms. The minimum atomic E-state index is -0.827. The summed E-state index contributed by atoms with van der Waals surface area (Å²) in [4.78, 5) is 22.8. The van der Waals surface area contributed by atoms with Gasteiger partial charge in [-0.2, -0.15) is 0 Å². The normalized spacial score (nSPS) is 21.4. The van der Waals surface area contributed by atoms with Gasteiger partial charge in [-0.3, -0.25) is 4.79 Å². The molecule has 2 unspecified atom stereocenters. The number of rotatable bonds is 4. The van der Waals surface area contributed by atoms with E-state index in [2.05, 4.69) is 10.6 Å². The molecule has 0 radical (unpaired) electrons. The highest BCUT2D eigenvalue weighted by Gasteiger charge is 2.33. The first-order valence-electron chi connectivity index (χ1n) is 6.89. The van der Waals surface area contributed by atoms with Crippen molar-refractivity contribution in [3.8, 4) is 0 Å². The van der Waals surface area contributed by atoms with Gasteiger partial charge < -0.3 is 15.7 Å². The van der Waals surface area contributed by atoms with Crippen LogP contribution in [0, 0.1) is 12.8 Å². The summed E-state index contributed by atoms with van der Waals surface area (Å²) in [5, 5.41) is 14.6. The minimum Gasteiger partial charge on any atom is -0.481 e. The van der Waals surface area contributed by atoms with Crippen LogP contribution in [0.15, 0.2) is 24.3 Å². The number of aliphatic carboxylic acids is 1. The van der Waals surface area contributed by atoms with E-state index in [1.54, 1.807) is 0 Å². The molecule has 1 aliphatic rings. The molecule has 1 saturated carbocycles. The third-order valence-electron chi connectivity index (χ3n) is 3.69. The van der Waals surface area contributed by atoms with Crippen LogP contribution in [0.4, 0.5) is 4.79 Å². The number of hydrogen-bond donors (Lipinski definition) is 3. The van der Waals surface area contributed by atoms with E-state index < -0.39 is 11.9 Å². The van der Waals surface area contributed by atoms with Crippen LogP contribution in [0.25, 0.3) is 0 Å². The Balaban J connectivity index is 1.82. The van der Waals surface area contributed by atoms with E-state index in [1.165, 1.54) is 0 Å². The third-order valence-corrected chi connectivity index (χ3v) is 3.69. The molecule has 0 aliphatic heterocycles. The van der Waals surface area contributed by atoms with Gasteiger partial charge in [0, 0.05) is 12.6 Å². The van der Waals surface area contributed by atoms with Crippen LogP contribution in [0.1, 0.15) is 30.4 Å². The van der Waals surface area contributed by atoms with Crippen LogP contribution >= 0.6 is 0 Å².